The highest BCUT2D eigenvalue weighted by Gasteiger charge is 2.15. The summed E-state index contributed by atoms with van der Waals surface area (Å²) in [6.45, 7) is 2.98. The molecule has 0 aliphatic carbocycles. The van der Waals surface area contributed by atoms with Gasteiger partial charge >= 0.3 is 0 Å². The number of oxazole rings is 1. The summed E-state index contributed by atoms with van der Waals surface area (Å²) in [6.07, 6.45) is 0.760. The van der Waals surface area contributed by atoms with Crippen LogP contribution in [0.5, 0.6) is 0 Å². The van der Waals surface area contributed by atoms with Crippen molar-refractivity contribution in [2.75, 3.05) is 27.2 Å². The Morgan fingerprint density at radius 2 is 2.10 bits per heavy atom. The molecule has 1 heterocycles. The Balaban J connectivity index is 2.10. The van der Waals surface area contributed by atoms with Gasteiger partial charge < -0.3 is 9.32 Å². The average molecular weight is 297 g/mol. The van der Waals surface area contributed by atoms with E-state index in [1.807, 2.05) is 19.0 Å². The van der Waals surface area contributed by atoms with Crippen LogP contribution in [0.3, 0.4) is 0 Å². The first-order valence-corrected chi connectivity index (χ1v) is 7.88. The predicted molar refractivity (Wildman–Crippen MR) is 77.1 cm³/mol. The normalized spacial score (nSPS) is 12.4. The fourth-order valence-corrected chi connectivity index (χ4v) is 2.96. The lowest BCUT2D eigenvalue weighted by molar-refractivity contribution is 0.400. The first-order valence-electron chi connectivity index (χ1n) is 6.40. The highest BCUT2D eigenvalue weighted by molar-refractivity contribution is 7.89. The maximum absolute atomic E-state index is 12.1. The van der Waals surface area contributed by atoms with Gasteiger partial charge in [-0.05, 0) is 39.2 Å². The average Bonchev–Trinajstić information content (AvgIpc) is 2.73. The lowest BCUT2D eigenvalue weighted by atomic mass is 10.3. The number of sulfonamides is 1. The van der Waals surface area contributed by atoms with Gasteiger partial charge in [0.1, 0.15) is 5.52 Å². The van der Waals surface area contributed by atoms with Crippen LogP contribution in [-0.4, -0.2) is 45.5 Å². The minimum Gasteiger partial charge on any atom is -0.441 e. The molecule has 0 saturated heterocycles. The van der Waals surface area contributed by atoms with Gasteiger partial charge in [-0.1, -0.05) is 0 Å². The summed E-state index contributed by atoms with van der Waals surface area (Å²) in [5, 5.41) is 0. The molecule has 0 amide bonds. The molecular weight excluding hydrogens is 278 g/mol. The molecule has 110 valence electrons. The molecule has 0 saturated carbocycles. The maximum Gasteiger partial charge on any atom is 0.240 e. The molecule has 0 unspecified atom stereocenters. The minimum atomic E-state index is -3.50. The molecule has 0 bridgehead atoms. The lowest BCUT2D eigenvalue weighted by Gasteiger charge is -2.10. The number of fused-ring (bicyclic) bond motifs is 1. The van der Waals surface area contributed by atoms with Crippen LogP contribution in [0.25, 0.3) is 11.1 Å². The van der Waals surface area contributed by atoms with Gasteiger partial charge in [-0.15, -0.1) is 0 Å². The Kier molecular flexibility index (Phi) is 4.42. The topological polar surface area (TPSA) is 75.4 Å². The molecule has 6 nitrogen and oxygen atoms in total. The first kappa shape index (κ1) is 15.0. The third-order valence-electron chi connectivity index (χ3n) is 2.85. The van der Waals surface area contributed by atoms with Crippen molar-refractivity contribution < 1.29 is 12.8 Å². The number of rotatable bonds is 6. The van der Waals surface area contributed by atoms with E-state index in [9.17, 15) is 8.42 Å². The number of nitrogens with one attached hydrogen (secondary N) is 1. The zero-order valence-electron chi connectivity index (χ0n) is 11.9. The molecule has 0 atom stereocenters. The lowest BCUT2D eigenvalue weighted by Crippen LogP contribution is -2.27. The number of nitrogens with zero attached hydrogens (tertiary/aromatic N) is 2. The number of benzene rings is 1. The number of aromatic nitrogens is 1. The smallest absolute Gasteiger partial charge is 0.240 e. The molecule has 1 N–H and O–H groups in total. The van der Waals surface area contributed by atoms with Gasteiger partial charge in [0.25, 0.3) is 0 Å². The molecule has 1 aromatic heterocycles. The van der Waals surface area contributed by atoms with E-state index in [2.05, 4.69) is 9.71 Å². The standard InChI is InChI=1S/C13H19N3O3S/c1-10-15-12-6-5-11(9-13(12)19-10)20(17,18)14-7-4-8-16(2)3/h5-6,9,14H,4,7-8H2,1-3H3. The number of hydrogen-bond donors (Lipinski definition) is 1. The van der Waals surface area contributed by atoms with Crippen molar-refractivity contribution in [3.05, 3.63) is 24.1 Å². The van der Waals surface area contributed by atoms with E-state index in [1.54, 1.807) is 19.1 Å². The van der Waals surface area contributed by atoms with Crippen molar-refractivity contribution in [2.24, 2.45) is 0 Å². The molecule has 2 rings (SSSR count). The van der Waals surface area contributed by atoms with Gasteiger partial charge in [-0.25, -0.2) is 18.1 Å². The van der Waals surface area contributed by atoms with E-state index in [0.29, 0.717) is 23.5 Å². The Labute approximate surface area is 118 Å². The van der Waals surface area contributed by atoms with Crippen LogP contribution in [0.15, 0.2) is 27.5 Å². The van der Waals surface area contributed by atoms with Gasteiger partial charge in [0.15, 0.2) is 11.5 Å². The molecule has 1 aromatic carbocycles. The Morgan fingerprint density at radius 3 is 2.80 bits per heavy atom. The van der Waals surface area contributed by atoms with Crippen molar-refractivity contribution in [3.63, 3.8) is 0 Å². The van der Waals surface area contributed by atoms with Crippen molar-refractivity contribution in [3.8, 4) is 0 Å². The second-order valence-corrected chi connectivity index (χ2v) is 6.68. The Morgan fingerprint density at radius 1 is 1.35 bits per heavy atom. The van der Waals surface area contributed by atoms with Gasteiger partial charge in [-0.3, -0.25) is 0 Å². The zero-order valence-corrected chi connectivity index (χ0v) is 12.7. The third-order valence-corrected chi connectivity index (χ3v) is 4.31. The first-order chi connectivity index (χ1) is 9.38. The summed E-state index contributed by atoms with van der Waals surface area (Å²) in [5.41, 5.74) is 1.15. The van der Waals surface area contributed by atoms with E-state index in [-0.39, 0.29) is 4.90 Å². The van der Waals surface area contributed by atoms with Crippen LogP contribution in [0, 0.1) is 6.92 Å². The van der Waals surface area contributed by atoms with E-state index < -0.39 is 10.0 Å². The van der Waals surface area contributed by atoms with Crippen molar-refractivity contribution in [2.45, 2.75) is 18.2 Å². The minimum absolute atomic E-state index is 0.200. The van der Waals surface area contributed by atoms with E-state index in [0.717, 1.165) is 13.0 Å². The predicted octanol–water partition coefficient (Wildman–Crippen LogP) is 1.37. The zero-order chi connectivity index (χ0) is 14.8. The van der Waals surface area contributed by atoms with Gasteiger partial charge in [-0.2, -0.15) is 0 Å². The molecule has 0 aliphatic heterocycles. The summed E-state index contributed by atoms with van der Waals surface area (Å²) < 4.78 is 32.2. The number of hydrogen-bond acceptors (Lipinski definition) is 5. The van der Waals surface area contributed by atoms with Crippen LogP contribution < -0.4 is 4.72 Å². The van der Waals surface area contributed by atoms with Crippen molar-refractivity contribution in [1.29, 1.82) is 0 Å². The second-order valence-electron chi connectivity index (χ2n) is 4.92. The Hall–Kier alpha value is -1.44. The fourth-order valence-electron chi connectivity index (χ4n) is 1.87. The molecular formula is C13H19N3O3S. The van der Waals surface area contributed by atoms with Crippen molar-refractivity contribution >= 4 is 21.1 Å². The van der Waals surface area contributed by atoms with Crippen LogP contribution in [0.1, 0.15) is 12.3 Å². The van der Waals surface area contributed by atoms with E-state index in [4.69, 9.17) is 4.42 Å². The quantitative estimate of drug-likeness (QED) is 0.815. The highest BCUT2D eigenvalue weighted by Crippen LogP contribution is 2.19. The van der Waals surface area contributed by atoms with Crippen LogP contribution in [0.4, 0.5) is 0 Å². The van der Waals surface area contributed by atoms with Gasteiger partial charge in [0.05, 0.1) is 4.90 Å². The molecule has 0 radical (unpaired) electrons. The van der Waals surface area contributed by atoms with E-state index >= 15 is 0 Å². The van der Waals surface area contributed by atoms with Gasteiger partial charge in [0, 0.05) is 19.5 Å². The van der Waals surface area contributed by atoms with Gasteiger partial charge in [0.2, 0.25) is 10.0 Å². The molecule has 2 aromatic rings. The van der Waals surface area contributed by atoms with Crippen LogP contribution in [0.2, 0.25) is 0 Å². The summed E-state index contributed by atoms with van der Waals surface area (Å²) in [6, 6.07) is 4.70. The highest BCUT2D eigenvalue weighted by atomic mass is 32.2. The van der Waals surface area contributed by atoms with Crippen molar-refractivity contribution in [1.82, 2.24) is 14.6 Å². The van der Waals surface area contributed by atoms with Crippen LogP contribution in [-0.2, 0) is 10.0 Å². The Bertz CT molecular complexity index is 692. The summed E-state index contributed by atoms with van der Waals surface area (Å²) in [7, 11) is 0.409. The summed E-state index contributed by atoms with van der Waals surface area (Å²) in [5.74, 6) is 0.522. The molecule has 20 heavy (non-hydrogen) atoms. The molecule has 0 aliphatic rings. The SMILES string of the molecule is Cc1nc2ccc(S(=O)(=O)NCCCN(C)C)cc2o1. The fraction of sp³-hybridized carbons (Fsp3) is 0.462. The molecule has 7 heteroatoms. The second kappa shape index (κ2) is 5.90. The monoisotopic (exact) mass is 297 g/mol. The number of aryl methyl sites for hydroxylation is 1. The molecule has 0 spiro atoms. The maximum atomic E-state index is 12.1. The van der Waals surface area contributed by atoms with Crippen LogP contribution >= 0.6 is 0 Å². The summed E-state index contributed by atoms with van der Waals surface area (Å²) >= 11 is 0. The largest absolute Gasteiger partial charge is 0.441 e. The van der Waals surface area contributed by atoms with E-state index in [1.165, 1.54) is 6.07 Å². The third kappa shape index (κ3) is 3.56. The summed E-state index contributed by atoms with van der Waals surface area (Å²) in [4.78, 5) is 6.36. The molecule has 0 fully saturated rings.